The minimum Gasteiger partial charge on any atom is -0.366 e. The standard InChI is InChI=1S/C17H19N3O8S4/c1-18-17(29)19-13-7-5-11(15(9-13)31(23,24)25)3-4-12-6-8-14(20-30(2,21)22)10-16(12)32(26,27)28/h3-10,20H,1-2H3,(H2,18,19,29)(H,23,24,25)(H,26,27,28)/b4-3+. The zero-order valence-electron chi connectivity index (χ0n) is 16.6. The van der Waals surface area contributed by atoms with Gasteiger partial charge in [-0.3, -0.25) is 13.8 Å². The van der Waals surface area contributed by atoms with Crippen molar-refractivity contribution in [2.24, 2.45) is 0 Å². The van der Waals surface area contributed by atoms with Gasteiger partial charge in [-0.15, -0.1) is 0 Å². The molecule has 0 aromatic heterocycles. The van der Waals surface area contributed by atoms with E-state index in [9.17, 15) is 34.4 Å². The first-order valence-corrected chi connectivity index (χ1v) is 13.7. The summed E-state index contributed by atoms with van der Waals surface area (Å²) in [6.07, 6.45) is 3.26. The van der Waals surface area contributed by atoms with Gasteiger partial charge in [-0.25, -0.2) is 8.42 Å². The van der Waals surface area contributed by atoms with Crippen molar-refractivity contribution in [2.75, 3.05) is 23.3 Å². The molecule has 0 spiro atoms. The molecular weight excluding hydrogens is 502 g/mol. The highest BCUT2D eigenvalue weighted by atomic mass is 32.2. The van der Waals surface area contributed by atoms with Crippen LogP contribution in [0.2, 0.25) is 0 Å². The summed E-state index contributed by atoms with van der Waals surface area (Å²) >= 11 is 4.94. The molecule has 11 nitrogen and oxygen atoms in total. The van der Waals surface area contributed by atoms with Crippen molar-refractivity contribution in [2.45, 2.75) is 9.79 Å². The summed E-state index contributed by atoms with van der Waals surface area (Å²) < 4.78 is 91.1. The first kappa shape index (κ1) is 25.7. The van der Waals surface area contributed by atoms with Crippen molar-refractivity contribution in [1.29, 1.82) is 0 Å². The quantitative estimate of drug-likeness (QED) is 0.203. The maximum Gasteiger partial charge on any atom is 0.295 e. The Morgan fingerprint density at radius 3 is 1.69 bits per heavy atom. The highest BCUT2D eigenvalue weighted by molar-refractivity contribution is 7.92. The fraction of sp³-hybridized carbons (Fsp3) is 0.118. The Bertz CT molecular complexity index is 1400. The van der Waals surface area contributed by atoms with Crippen LogP contribution in [0.3, 0.4) is 0 Å². The molecule has 0 atom stereocenters. The van der Waals surface area contributed by atoms with Gasteiger partial charge in [-0.05, 0) is 47.6 Å². The van der Waals surface area contributed by atoms with E-state index in [0.29, 0.717) is 0 Å². The lowest BCUT2D eigenvalue weighted by molar-refractivity contribution is 0.480. The smallest absolute Gasteiger partial charge is 0.295 e. The zero-order valence-corrected chi connectivity index (χ0v) is 19.9. The molecular formula is C17H19N3O8S4. The lowest BCUT2D eigenvalue weighted by Gasteiger charge is -2.11. The second-order valence-electron chi connectivity index (χ2n) is 6.37. The van der Waals surface area contributed by atoms with E-state index in [1.807, 2.05) is 0 Å². The number of thiocarbonyl (C=S) groups is 1. The number of nitrogens with one attached hydrogen (secondary N) is 3. The summed E-state index contributed by atoms with van der Waals surface area (Å²) in [5.74, 6) is 0. The van der Waals surface area contributed by atoms with Crippen LogP contribution in [0.1, 0.15) is 11.1 Å². The van der Waals surface area contributed by atoms with Gasteiger partial charge >= 0.3 is 0 Å². The molecule has 0 radical (unpaired) electrons. The van der Waals surface area contributed by atoms with Crippen LogP contribution in [-0.4, -0.2) is 52.8 Å². The van der Waals surface area contributed by atoms with E-state index in [2.05, 4.69) is 15.4 Å². The molecule has 5 N–H and O–H groups in total. The maximum atomic E-state index is 11.8. The largest absolute Gasteiger partial charge is 0.366 e. The number of hydrogen-bond acceptors (Lipinski definition) is 7. The summed E-state index contributed by atoms with van der Waals surface area (Å²) in [7, 11) is -11.6. The van der Waals surface area contributed by atoms with Gasteiger partial charge in [-0.1, -0.05) is 24.3 Å². The van der Waals surface area contributed by atoms with E-state index in [4.69, 9.17) is 12.2 Å². The zero-order chi connectivity index (χ0) is 24.3. The monoisotopic (exact) mass is 521 g/mol. The molecule has 174 valence electrons. The van der Waals surface area contributed by atoms with Crippen LogP contribution in [0.5, 0.6) is 0 Å². The Hall–Kier alpha value is -2.56. The molecule has 15 heteroatoms. The summed E-state index contributed by atoms with van der Waals surface area (Å²) in [4.78, 5) is -1.10. The summed E-state index contributed by atoms with van der Waals surface area (Å²) in [6.45, 7) is 0. The predicted molar refractivity (Wildman–Crippen MR) is 125 cm³/mol. The molecule has 0 amide bonds. The molecule has 0 saturated heterocycles. The number of sulfonamides is 1. The fourth-order valence-corrected chi connectivity index (χ4v) is 4.61. The van der Waals surface area contributed by atoms with Crippen LogP contribution < -0.4 is 15.4 Å². The Labute approximate surface area is 191 Å². The molecule has 0 aliphatic carbocycles. The molecule has 0 heterocycles. The van der Waals surface area contributed by atoms with Gasteiger partial charge < -0.3 is 10.6 Å². The van der Waals surface area contributed by atoms with E-state index in [0.717, 1.165) is 18.4 Å². The third-order valence-electron chi connectivity index (χ3n) is 3.81. The van der Waals surface area contributed by atoms with Crippen LogP contribution in [0, 0.1) is 0 Å². The van der Waals surface area contributed by atoms with Crippen molar-refractivity contribution in [3.63, 3.8) is 0 Å². The van der Waals surface area contributed by atoms with Gasteiger partial charge in [0.2, 0.25) is 10.0 Å². The van der Waals surface area contributed by atoms with Crippen molar-refractivity contribution in [1.82, 2.24) is 5.32 Å². The Balaban J connectivity index is 2.56. The van der Waals surface area contributed by atoms with E-state index < -0.39 is 40.1 Å². The number of hydrogen-bond donors (Lipinski definition) is 5. The first-order valence-electron chi connectivity index (χ1n) is 8.48. The van der Waals surface area contributed by atoms with Gasteiger partial charge in [-0.2, -0.15) is 16.8 Å². The van der Waals surface area contributed by atoms with Crippen LogP contribution >= 0.6 is 12.2 Å². The molecule has 0 aliphatic heterocycles. The van der Waals surface area contributed by atoms with Crippen molar-refractivity contribution < 1.29 is 34.4 Å². The highest BCUT2D eigenvalue weighted by Gasteiger charge is 2.18. The predicted octanol–water partition coefficient (Wildman–Crippen LogP) is 1.64. The average molecular weight is 522 g/mol. The van der Waals surface area contributed by atoms with E-state index >= 15 is 0 Å². The SMILES string of the molecule is CNC(=S)Nc1ccc(/C=C/c2ccc(NS(C)(=O)=O)cc2S(=O)(=O)O)c(S(=O)(=O)O)c1. The second kappa shape index (κ2) is 9.51. The summed E-state index contributed by atoms with van der Waals surface area (Å²) in [5.41, 5.74) is 0.107. The van der Waals surface area contributed by atoms with Gasteiger partial charge in [0, 0.05) is 18.4 Å². The summed E-state index contributed by atoms with van der Waals surface area (Å²) in [6, 6.07) is 7.31. The molecule has 0 aliphatic rings. The molecule has 0 saturated carbocycles. The van der Waals surface area contributed by atoms with Crippen molar-refractivity contribution >= 4 is 71.1 Å². The molecule has 0 unspecified atom stereocenters. The molecule has 0 bridgehead atoms. The molecule has 32 heavy (non-hydrogen) atoms. The average Bonchev–Trinajstić information content (AvgIpc) is 2.64. The number of anilines is 2. The van der Waals surface area contributed by atoms with E-state index in [-0.39, 0.29) is 27.6 Å². The fourth-order valence-electron chi connectivity index (χ4n) is 2.52. The molecule has 2 rings (SSSR count). The number of benzene rings is 2. The second-order valence-corrected chi connectivity index (χ2v) is 11.3. The molecule has 0 fully saturated rings. The lowest BCUT2D eigenvalue weighted by atomic mass is 10.1. The first-order chi connectivity index (χ1) is 14.6. The molecule has 2 aromatic carbocycles. The van der Waals surface area contributed by atoms with Crippen molar-refractivity contribution in [3.05, 3.63) is 47.5 Å². The van der Waals surface area contributed by atoms with Crippen LogP contribution in [-0.2, 0) is 30.3 Å². The lowest BCUT2D eigenvalue weighted by Crippen LogP contribution is -2.24. The van der Waals surface area contributed by atoms with Crippen LogP contribution in [0.25, 0.3) is 12.2 Å². The van der Waals surface area contributed by atoms with Crippen LogP contribution in [0.4, 0.5) is 11.4 Å². The maximum absolute atomic E-state index is 11.8. The minimum atomic E-state index is -4.76. The third-order valence-corrected chi connectivity index (χ3v) is 6.54. The van der Waals surface area contributed by atoms with E-state index in [1.54, 1.807) is 7.05 Å². The third kappa shape index (κ3) is 7.25. The minimum absolute atomic E-state index is 0.00745. The van der Waals surface area contributed by atoms with Gasteiger partial charge in [0.15, 0.2) is 5.11 Å². The molecule has 2 aromatic rings. The number of rotatable bonds is 7. The highest BCUT2D eigenvalue weighted by Crippen LogP contribution is 2.26. The Morgan fingerprint density at radius 2 is 1.28 bits per heavy atom. The van der Waals surface area contributed by atoms with Crippen molar-refractivity contribution in [3.8, 4) is 0 Å². The van der Waals surface area contributed by atoms with Gasteiger partial charge in [0.1, 0.15) is 9.79 Å². The Morgan fingerprint density at radius 1 is 0.844 bits per heavy atom. The normalized spacial score (nSPS) is 12.5. The topological polar surface area (TPSA) is 179 Å². The summed E-state index contributed by atoms with van der Waals surface area (Å²) in [5, 5.41) is 5.56. The van der Waals surface area contributed by atoms with Crippen LogP contribution in [0.15, 0.2) is 46.2 Å². The van der Waals surface area contributed by atoms with Gasteiger partial charge in [0.25, 0.3) is 20.2 Å². The van der Waals surface area contributed by atoms with E-state index in [1.165, 1.54) is 36.4 Å². The van der Waals surface area contributed by atoms with Gasteiger partial charge in [0.05, 0.1) is 6.26 Å². The Kier molecular flexibility index (Phi) is 7.64.